The van der Waals surface area contributed by atoms with Crippen molar-refractivity contribution < 1.29 is 23.4 Å². The molecule has 27 heavy (non-hydrogen) atoms. The second kappa shape index (κ2) is 8.03. The molecule has 0 saturated carbocycles. The highest BCUT2D eigenvalue weighted by Gasteiger charge is 2.22. The quantitative estimate of drug-likeness (QED) is 0.758. The van der Waals surface area contributed by atoms with Gasteiger partial charge in [-0.3, -0.25) is 0 Å². The standard InChI is InChI=1S/C12H12FN3O2.C7H7FO/c13-10-9(15-4-1-2-5-15)3-6-16-11(10)8(7-14-16)12(17)18;1-9-7-4-2-6(8)3-5-7/h3,6-7H,1-2,4-5H2,(H,17,18);2-5H,1H3. The SMILES string of the molecule is COc1ccc(F)cc1.O=C(O)c1cnn2ccc(N3CCCC3)c(F)c12. The average molecular weight is 375 g/mol. The molecule has 1 saturated heterocycles. The van der Waals surface area contributed by atoms with E-state index < -0.39 is 11.8 Å². The molecular formula is C19H19F2N3O3. The maximum Gasteiger partial charge on any atom is 0.339 e. The Kier molecular flexibility index (Phi) is 5.54. The molecule has 0 aliphatic carbocycles. The molecule has 1 aromatic carbocycles. The molecule has 0 spiro atoms. The highest BCUT2D eigenvalue weighted by molar-refractivity contribution is 5.96. The van der Waals surface area contributed by atoms with E-state index in [0.29, 0.717) is 11.4 Å². The minimum atomic E-state index is -1.16. The van der Waals surface area contributed by atoms with E-state index in [9.17, 15) is 13.6 Å². The zero-order valence-electron chi connectivity index (χ0n) is 14.7. The Hall–Kier alpha value is -3.16. The molecule has 1 aliphatic heterocycles. The Morgan fingerprint density at radius 1 is 1.15 bits per heavy atom. The van der Waals surface area contributed by atoms with Gasteiger partial charge in [0.1, 0.15) is 22.6 Å². The molecule has 0 radical (unpaired) electrons. The van der Waals surface area contributed by atoms with Gasteiger partial charge in [-0.2, -0.15) is 5.10 Å². The normalized spacial score (nSPS) is 13.4. The van der Waals surface area contributed by atoms with Gasteiger partial charge in [0.2, 0.25) is 0 Å². The van der Waals surface area contributed by atoms with Crippen LogP contribution in [0.1, 0.15) is 23.2 Å². The highest BCUT2D eigenvalue weighted by atomic mass is 19.1. The number of carbonyl (C=O) groups is 1. The van der Waals surface area contributed by atoms with Crippen molar-refractivity contribution in [3.63, 3.8) is 0 Å². The van der Waals surface area contributed by atoms with Gasteiger partial charge in [-0.15, -0.1) is 0 Å². The summed E-state index contributed by atoms with van der Waals surface area (Å²) in [5, 5.41) is 12.9. The van der Waals surface area contributed by atoms with E-state index in [4.69, 9.17) is 9.84 Å². The predicted molar refractivity (Wildman–Crippen MR) is 96.5 cm³/mol. The number of rotatable bonds is 3. The van der Waals surface area contributed by atoms with Crippen LogP contribution in [0.15, 0.2) is 42.7 Å². The number of fused-ring (bicyclic) bond motifs is 1. The van der Waals surface area contributed by atoms with Crippen molar-refractivity contribution in [3.8, 4) is 5.75 Å². The molecule has 0 unspecified atom stereocenters. The van der Waals surface area contributed by atoms with Gasteiger partial charge in [-0.1, -0.05) is 0 Å². The number of aromatic nitrogens is 2. The molecule has 142 valence electrons. The van der Waals surface area contributed by atoms with Crippen molar-refractivity contribution in [3.05, 3.63) is 59.9 Å². The summed E-state index contributed by atoms with van der Waals surface area (Å²) in [6, 6.07) is 7.52. The molecule has 1 fully saturated rings. The lowest BCUT2D eigenvalue weighted by atomic mass is 10.2. The molecule has 3 aromatic rings. The van der Waals surface area contributed by atoms with Crippen LogP contribution >= 0.6 is 0 Å². The van der Waals surface area contributed by atoms with Gasteiger partial charge in [0.15, 0.2) is 5.82 Å². The van der Waals surface area contributed by atoms with Gasteiger partial charge < -0.3 is 14.7 Å². The summed E-state index contributed by atoms with van der Waals surface area (Å²) < 4.78 is 32.6. The maximum atomic E-state index is 14.4. The fraction of sp³-hybridized carbons (Fsp3) is 0.263. The van der Waals surface area contributed by atoms with E-state index in [1.54, 1.807) is 31.5 Å². The third kappa shape index (κ3) is 3.99. The van der Waals surface area contributed by atoms with Crippen molar-refractivity contribution in [1.29, 1.82) is 0 Å². The number of carboxylic acids is 1. The fourth-order valence-electron chi connectivity index (χ4n) is 2.96. The monoisotopic (exact) mass is 375 g/mol. The summed E-state index contributed by atoms with van der Waals surface area (Å²) in [6.07, 6.45) is 4.85. The number of methoxy groups -OCH3 is 1. The van der Waals surface area contributed by atoms with E-state index in [2.05, 4.69) is 5.10 Å². The number of halogens is 2. The topological polar surface area (TPSA) is 67.1 Å². The van der Waals surface area contributed by atoms with E-state index >= 15 is 0 Å². The van der Waals surface area contributed by atoms with Crippen molar-refractivity contribution in [2.45, 2.75) is 12.8 Å². The lowest BCUT2D eigenvalue weighted by molar-refractivity contribution is 0.0698. The Balaban J connectivity index is 0.000000197. The molecule has 1 N–H and O–H groups in total. The fourth-order valence-corrected chi connectivity index (χ4v) is 2.96. The van der Waals surface area contributed by atoms with E-state index in [0.717, 1.165) is 25.9 Å². The molecule has 0 bridgehead atoms. The minimum Gasteiger partial charge on any atom is -0.497 e. The second-order valence-corrected chi connectivity index (χ2v) is 6.02. The smallest absolute Gasteiger partial charge is 0.339 e. The zero-order valence-corrected chi connectivity index (χ0v) is 14.7. The second-order valence-electron chi connectivity index (χ2n) is 6.02. The third-order valence-electron chi connectivity index (χ3n) is 4.33. The van der Waals surface area contributed by atoms with Crippen molar-refractivity contribution in [2.75, 3.05) is 25.1 Å². The number of pyridine rings is 1. The molecule has 1 aliphatic rings. The first-order valence-electron chi connectivity index (χ1n) is 8.45. The lowest BCUT2D eigenvalue weighted by Crippen LogP contribution is -2.19. The summed E-state index contributed by atoms with van der Waals surface area (Å²) in [4.78, 5) is 13.0. The molecule has 8 heteroatoms. The molecule has 0 atom stereocenters. The number of aromatic carboxylic acids is 1. The Labute approximate surface area is 154 Å². The van der Waals surface area contributed by atoms with Gasteiger partial charge in [-0.05, 0) is 43.2 Å². The largest absolute Gasteiger partial charge is 0.497 e. The van der Waals surface area contributed by atoms with Gasteiger partial charge in [0.05, 0.1) is 19.0 Å². The van der Waals surface area contributed by atoms with Crippen molar-refractivity contribution >= 4 is 17.2 Å². The van der Waals surface area contributed by atoms with E-state index in [1.165, 1.54) is 22.8 Å². The van der Waals surface area contributed by atoms with Crippen LogP contribution in [0.3, 0.4) is 0 Å². The van der Waals surface area contributed by atoms with E-state index in [1.807, 2.05) is 4.90 Å². The summed E-state index contributed by atoms with van der Waals surface area (Å²) in [7, 11) is 1.55. The number of ether oxygens (including phenoxy) is 1. The molecule has 0 amide bonds. The molecule has 3 heterocycles. The van der Waals surface area contributed by atoms with Crippen LogP contribution in [-0.2, 0) is 0 Å². The number of nitrogens with zero attached hydrogens (tertiary/aromatic N) is 3. The van der Waals surface area contributed by atoms with Crippen molar-refractivity contribution in [1.82, 2.24) is 9.61 Å². The summed E-state index contributed by atoms with van der Waals surface area (Å²) in [5.74, 6) is -1.23. The number of carboxylic acid groups (broad SMARTS) is 1. The number of hydrogen-bond acceptors (Lipinski definition) is 4. The summed E-state index contributed by atoms with van der Waals surface area (Å²) >= 11 is 0. The summed E-state index contributed by atoms with van der Waals surface area (Å²) in [5.41, 5.74) is 0.392. The van der Waals surface area contributed by atoms with Crippen LogP contribution < -0.4 is 9.64 Å². The Morgan fingerprint density at radius 3 is 2.41 bits per heavy atom. The van der Waals surface area contributed by atoms with Gasteiger partial charge in [0, 0.05) is 19.3 Å². The Morgan fingerprint density at radius 2 is 1.81 bits per heavy atom. The van der Waals surface area contributed by atoms with Crippen LogP contribution in [-0.4, -0.2) is 40.9 Å². The van der Waals surface area contributed by atoms with Crippen LogP contribution in [0, 0.1) is 11.6 Å². The lowest BCUT2D eigenvalue weighted by Gasteiger charge is -2.18. The highest BCUT2D eigenvalue weighted by Crippen LogP contribution is 2.27. The number of anilines is 1. The molecule has 2 aromatic heterocycles. The molecule has 6 nitrogen and oxygen atoms in total. The first-order chi connectivity index (χ1) is 13.0. The van der Waals surface area contributed by atoms with Crippen LogP contribution in [0.25, 0.3) is 5.52 Å². The van der Waals surface area contributed by atoms with Crippen LogP contribution in [0.2, 0.25) is 0 Å². The van der Waals surface area contributed by atoms with Gasteiger partial charge in [0.25, 0.3) is 0 Å². The van der Waals surface area contributed by atoms with Crippen LogP contribution in [0.5, 0.6) is 5.75 Å². The van der Waals surface area contributed by atoms with Crippen molar-refractivity contribution in [2.24, 2.45) is 0 Å². The average Bonchev–Trinajstić information content (AvgIpc) is 3.33. The third-order valence-corrected chi connectivity index (χ3v) is 4.33. The number of benzene rings is 1. The molecule has 4 rings (SSSR count). The minimum absolute atomic E-state index is 0.0342. The van der Waals surface area contributed by atoms with Gasteiger partial charge >= 0.3 is 5.97 Å². The van der Waals surface area contributed by atoms with Crippen LogP contribution in [0.4, 0.5) is 14.5 Å². The van der Waals surface area contributed by atoms with Gasteiger partial charge in [-0.25, -0.2) is 18.1 Å². The first kappa shape index (κ1) is 18.6. The number of hydrogen-bond donors (Lipinski definition) is 1. The van der Waals surface area contributed by atoms with E-state index in [-0.39, 0.29) is 16.9 Å². The summed E-state index contributed by atoms with van der Waals surface area (Å²) in [6.45, 7) is 1.62. The zero-order chi connectivity index (χ0) is 19.4. The first-order valence-corrected chi connectivity index (χ1v) is 8.45. The Bertz CT molecular complexity index is 935. The molecular weight excluding hydrogens is 356 g/mol. The predicted octanol–water partition coefficient (Wildman–Crippen LogP) is 3.61. The maximum absolute atomic E-state index is 14.4.